The Labute approximate surface area is 167 Å². The molecule has 2 aliphatic heterocycles. The summed E-state index contributed by atoms with van der Waals surface area (Å²) in [7, 11) is 1.67. The number of amides is 2. The van der Waals surface area contributed by atoms with Gasteiger partial charge in [-0.2, -0.15) is 11.8 Å². The topological polar surface area (TPSA) is 53.6 Å². The lowest BCUT2D eigenvalue weighted by Gasteiger charge is -2.39. The van der Waals surface area contributed by atoms with Crippen LogP contribution in [0.2, 0.25) is 0 Å². The van der Waals surface area contributed by atoms with Crippen molar-refractivity contribution in [3.8, 4) is 5.75 Å². The summed E-state index contributed by atoms with van der Waals surface area (Å²) < 4.78 is 5.16. The molecule has 27 heavy (non-hydrogen) atoms. The fraction of sp³-hybridized carbons (Fsp3) is 0.667. The molecule has 1 aromatic rings. The van der Waals surface area contributed by atoms with E-state index in [9.17, 15) is 4.79 Å². The van der Waals surface area contributed by atoms with E-state index < -0.39 is 0 Å². The second-order valence-corrected chi connectivity index (χ2v) is 8.78. The molecule has 0 radical (unpaired) electrons. The van der Waals surface area contributed by atoms with Gasteiger partial charge in [-0.25, -0.2) is 4.79 Å². The summed E-state index contributed by atoms with van der Waals surface area (Å²) in [4.78, 5) is 14.7. The Morgan fingerprint density at radius 3 is 2.48 bits per heavy atom. The predicted molar refractivity (Wildman–Crippen MR) is 113 cm³/mol. The molecule has 0 saturated carbocycles. The lowest BCUT2D eigenvalue weighted by Crippen LogP contribution is -2.46. The normalized spacial score (nSPS) is 19.6. The Morgan fingerprint density at radius 1 is 1.11 bits per heavy atom. The van der Waals surface area contributed by atoms with E-state index in [1.165, 1.54) is 55.8 Å². The molecule has 0 aliphatic carbocycles. The lowest BCUT2D eigenvalue weighted by molar-refractivity contribution is 0.125. The van der Waals surface area contributed by atoms with Crippen LogP contribution >= 0.6 is 11.8 Å². The molecule has 0 aromatic heterocycles. The number of rotatable bonds is 7. The molecule has 2 N–H and O–H groups in total. The molecule has 0 spiro atoms. The Bertz CT molecular complexity index is 567. The van der Waals surface area contributed by atoms with Crippen molar-refractivity contribution in [3.63, 3.8) is 0 Å². The highest BCUT2D eigenvalue weighted by molar-refractivity contribution is 7.99. The van der Waals surface area contributed by atoms with E-state index >= 15 is 0 Å². The van der Waals surface area contributed by atoms with Crippen molar-refractivity contribution >= 4 is 17.8 Å². The van der Waals surface area contributed by atoms with E-state index in [1.807, 2.05) is 24.3 Å². The van der Waals surface area contributed by atoms with Gasteiger partial charge in [-0.3, -0.25) is 0 Å². The summed E-state index contributed by atoms with van der Waals surface area (Å²) in [5.41, 5.74) is 1.20. The number of benzene rings is 1. The van der Waals surface area contributed by atoms with Gasteiger partial charge in [0.05, 0.1) is 7.11 Å². The van der Waals surface area contributed by atoms with Gasteiger partial charge in [0.25, 0.3) is 0 Å². The number of nitrogens with zero attached hydrogens (tertiary/aromatic N) is 1. The van der Waals surface area contributed by atoms with Gasteiger partial charge in [0, 0.05) is 19.1 Å². The zero-order chi connectivity index (χ0) is 18.9. The second kappa shape index (κ2) is 10.8. The van der Waals surface area contributed by atoms with Crippen molar-refractivity contribution in [3.05, 3.63) is 29.8 Å². The van der Waals surface area contributed by atoms with Gasteiger partial charge in [0.1, 0.15) is 5.75 Å². The third-order valence-corrected chi connectivity index (χ3v) is 6.81. The first-order valence-corrected chi connectivity index (χ1v) is 11.4. The van der Waals surface area contributed by atoms with E-state index in [0.29, 0.717) is 12.5 Å². The third kappa shape index (κ3) is 6.61. The number of likely N-dealkylation sites (tertiary alicyclic amines) is 1. The quantitative estimate of drug-likeness (QED) is 0.750. The number of methoxy groups -OCH3 is 1. The van der Waals surface area contributed by atoms with Crippen LogP contribution in [0.15, 0.2) is 24.3 Å². The Balaban J connectivity index is 1.27. The zero-order valence-electron chi connectivity index (χ0n) is 16.4. The van der Waals surface area contributed by atoms with Crippen molar-refractivity contribution in [1.82, 2.24) is 15.5 Å². The van der Waals surface area contributed by atoms with Crippen LogP contribution in [-0.4, -0.2) is 61.8 Å². The Hall–Kier alpha value is -1.40. The molecule has 1 aromatic carbocycles. The van der Waals surface area contributed by atoms with Gasteiger partial charge in [-0.1, -0.05) is 12.1 Å². The number of piperidine rings is 1. The Kier molecular flexibility index (Phi) is 8.14. The maximum Gasteiger partial charge on any atom is 0.314 e. The number of thioether (sulfide) groups is 1. The molecule has 2 heterocycles. The van der Waals surface area contributed by atoms with Crippen LogP contribution in [0.3, 0.4) is 0 Å². The van der Waals surface area contributed by atoms with Gasteiger partial charge in [0.2, 0.25) is 0 Å². The first-order valence-electron chi connectivity index (χ1n) is 10.2. The summed E-state index contributed by atoms with van der Waals surface area (Å²) >= 11 is 2.09. The lowest BCUT2D eigenvalue weighted by atomic mass is 9.94. The van der Waals surface area contributed by atoms with Crippen molar-refractivity contribution in [2.24, 2.45) is 5.92 Å². The molecule has 0 unspecified atom stereocenters. The van der Waals surface area contributed by atoms with Gasteiger partial charge in [-0.15, -0.1) is 0 Å². The summed E-state index contributed by atoms with van der Waals surface area (Å²) in [6.07, 6.45) is 5.94. The van der Waals surface area contributed by atoms with Crippen LogP contribution < -0.4 is 15.4 Å². The van der Waals surface area contributed by atoms with Crippen LogP contribution in [0, 0.1) is 5.92 Å². The molecule has 150 valence electrons. The molecule has 5 nitrogen and oxygen atoms in total. The average molecular weight is 392 g/mol. The number of carbonyl (C=O) groups excluding carboxylic acids is 1. The van der Waals surface area contributed by atoms with Crippen LogP contribution in [0.4, 0.5) is 4.79 Å². The summed E-state index contributed by atoms with van der Waals surface area (Å²) in [5.74, 6) is 4.12. The van der Waals surface area contributed by atoms with Crippen molar-refractivity contribution in [1.29, 1.82) is 0 Å². The summed E-state index contributed by atoms with van der Waals surface area (Å²) in [5, 5.41) is 6.03. The van der Waals surface area contributed by atoms with E-state index in [1.54, 1.807) is 7.11 Å². The van der Waals surface area contributed by atoms with Gasteiger partial charge >= 0.3 is 6.03 Å². The maximum atomic E-state index is 12.0. The van der Waals surface area contributed by atoms with E-state index in [0.717, 1.165) is 24.8 Å². The maximum absolute atomic E-state index is 12.0. The van der Waals surface area contributed by atoms with Crippen LogP contribution in [-0.2, 0) is 6.42 Å². The highest BCUT2D eigenvalue weighted by atomic mass is 32.2. The minimum absolute atomic E-state index is 0.0461. The van der Waals surface area contributed by atoms with Crippen LogP contribution in [0.5, 0.6) is 5.75 Å². The van der Waals surface area contributed by atoms with Crippen molar-refractivity contribution in [2.45, 2.75) is 38.1 Å². The van der Waals surface area contributed by atoms with Crippen molar-refractivity contribution < 1.29 is 9.53 Å². The first-order chi connectivity index (χ1) is 13.2. The minimum Gasteiger partial charge on any atom is -0.497 e. The SMILES string of the molecule is COc1ccc(CCNC(=O)NCC2CCN(C3CCSCC3)CC2)cc1. The monoisotopic (exact) mass is 391 g/mol. The number of hydrogen-bond acceptors (Lipinski definition) is 4. The molecule has 2 amide bonds. The number of carbonyl (C=O) groups is 1. The molecule has 6 heteroatoms. The Morgan fingerprint density at radius 2 is 1.81 bits per heavy atom. The van der Waals surface area contributed by atoms with E-state index in [4.69, 9.17) is 4.74 Å². The fourth-order valence-electron chi connectivity index (χ4n) is 3.98. The number of nitrogens with one attached hydrogen (secondary N) is 2. The molecule has 0 atom stereocenters. The molecule has 2 saturated heterocycles. The number of hydrogen-bond donors (Lipinski definition) is 2. The highest BCUT2D eigenvalue weighted by Crippen LogP contribution is 2.26. The fourth-order valence-corrected chi connectivity index (χ4v) is 5.07. The minimum atomic E-state index is -0.0461. The highest BCUT2D eigenvalue weighted by Gasteiger charge is 2.26. The number of ether oxygens (including phenoxy) is 1. The van der Waals surface area contributed by atoms with Crippen LogP contribution in [0.1, 0.15) is 31.2 Å². The summed E-state index contributed by atoms with van der Waals surface area (Å²) in [6, 6.07) is 8.74. The van der Waals surface area contributed by atoms with Gasteiger partial charge in [0.15, 0.2) is 0 Å². The molecule has 2 fully saturated rings. The largest absolute Gasteiger partial charge is 0.497 e. The van der Waals surface area contributed by atoms with Gasteiger partial charge in [-0.05, 0) is 80.3 Å². The molecule has 2 aliphatic rings. The second-order valence-electron chi connectivity index (χ2n) is 7.56. The predicted octanol–water partition coefficient (Wildman–Crippen LogP) is 3.14. The molecule has 3 rings (SSSR count). The summed E-state index contributed by atoms with van der Waals surface area (Å²) in [6.45, 7) is 3.83. The smallest absolute Gasteiger partial charge is 0.314 e. The van der Waals surface area contributed by atoms with E-state index in [-0.39, 0.29) is 6.03 Å². The first kappa shape index (κ1) is 20.3. The van der Waals surface area contributed by atoms with Gasteiger partial charge < -0.3 is 20.3 Å². The van der Waals surface area contributed by atoms with E-state index in [2.05, 4.69) is 27.3 Å². The standard InChI is InChI=1S/C21H33N3O2S/c1-26-20-4-2-17(3-5-20)6-11-22-21(25)23-16-18-7-12-24(13-8-18)19-9-14-27-15-10-19/h2-5,18-19H,6-16H2,1H3,(H2,22,23,25). The average Bonchev–Trinajstić information content (AvgIpc) is 2.74. The molecule has 0 bridgehead atoms. The number of urea groups is 1. The molecular weight excluding hydrogens is 358 g/mol. The van der Waals surface area contributed by atoms with Crippen LogP contribution in [0.25, 0.3) is 0 Å². The molecular formula is C21H33N3O2S. The third-order valence-electron chi connectivity index (χ3n) is 5.77. The van der Waals surface area contributed by atoms with Crippen molar-refractivity contribution in [2.75, 3.05) is 44.8 Å². The zero-order valence-corrected chi connectivity index (χ0v) is 17.2.